The molecule has 0 bridgehead atoms. The number of nitrogens with zero attached hydrogens (tertiary/aromatic N) is 2. The summed E-state index contributed by atoms with van der Waals surface area (Å²) in [5, 5.41) is 13.0. The fourth-order valence-electron chi connectivity index (χ4n) is 8.35. The SMILES string of the molecule is Cc1cc(C)c(-c2cc([C@H](CC(=O)O)NC(=O)[C@@H](CC(C)C)n3cc(C4CCN(C(C)C)CC4)c(C(F)(F)F)cc3=O)cc3c2CCC3)c(C)c1. The topological polar surface area (TPSA) is 91.6 Å². The van der Waals surface area contributed by atoms with Gasteiger partial charge in [-0.2, -0.15) is 13.2 Å². The molecule has 51 heavy (non-hydrogen) atoms. The third kappa shape index (κ3) is 8.59. The summed E-state index contributed by atoms with van der Waals surface area (Å²) in [6.07, 6.45) is 0.0245. The first kappa shape index (κ1) is 38.3. The lowest BCUT2D eigenvalue weighted by Gasteiger charge is -2.36. The van der Waals surface area contributed by atoms with Gasteiger partial charge in [0.2, 0.25) is 5.91 Å². The second-order valence-corrected chi connectivity index (χ2v) is 15.4. The van der Waals surface area contributed by atoms with E-state index in [-0.39, 0.29) is 23.9 Å². The van der Waals surface area contributed by atoms with Crippen LogP contribution in [0.5, 0.6) is 0 Å². The number of amides is 1. The fraction of sp³-hybridized carbons (Fsp3) is 0.537. The molecule has 1 saturated heterocycles. The third-order valence-corrected chi connectivity index (χ3v) is 10.7. The number of nitrogens with one attached hydrogen (secondary N) is 1. The Labute approximate surface area is 299 Å². The van der Waals surface area contributed by atoms with Crippen molar-refractivity contribution in [3.8, 4) is 11.1 Å². The van der Waals surface area contributed by atoms with E-state index in [1.165, 1.54) is 11.8 Å². The van der Waals surface area contributed by atoms with Gasteiger partial charge in [-0.05, 0) is 149 Å². The van der Waals surface area contributed by atoms with E-state index in [4.69, 9.17) is 0 Å². The van der Waals surface area contributed by atoms with Crippen LogP contribution < -0.4 is 10.9 Å². The van der Waals surface area contributed by atoms with Crippen LogP contribution in [-0.2, 0) is 28.6 Å². The summed E-state index contributed by atoms with van der Waals surface area (Å²) in [5.74, 6) is -2.22. The van der Waals surface area contributed by atoms with Gasteiger partial charge in [-0.1, -0.05) is 37.6 Å². The molecule has 10 heteroatoms. The number of alkyl halides is 3. The highest BCUT2D eigenvalue weighted by Crippen LogP contribution is 2.41. The minimum atomic E-state index is -4.73. The molecule has 1 aliphatic carbocycles. The van der Waals surface area contributed by atoms with Gasteiger partial charge < -0.3 is 19.9 Å². The van der Waals surface area contributed by atoms with Crippen LogP contribution in [0.15, 0.2) is 41.3 Å². The van der Waals surface area contributed by atoms with E-state index < -0.39 is 53.6 Å². The molecule has 2 heterocycles. The molecule has 2 aromatic carbocycles. The number of aliphatic carboxylic acids is 1. The predicted molar refractivity (Wildman–Crippen MR) is 194 cm³/mol. The molecule has 0 unspecified atom stereocenters. The van der Waals surface area contributed by atoms with Crippen LogP contribution in [0.3, 0.4) is 0 Å². The van der Waals surface area contributed by atoms with Gasteiger partial charge >= 0.3 is 12.1 Å². The fourth-order valence-corrected chi connectivity index (χ4v) is 8.35. The third-order valence-electron chi connectivity index (χ3n) is 10.7. The molecule has 0 spiro atoms. The first-order valence-electron chi connectivity index (χ1n) is 18.3. The van der Waals surface area contributed by atoms with Crippen molar-refractivity contribution < 1.29 is 27.9 Å². The molecule has 5 rings (SSSR count). The zero-order chi connectivity index (χ0) is 37.4. The first-order chi connectivity index (χ1) is 23.9. The van der Waals surface area contributed by atoms with Crippen molar-refractivity contribution in [2.24, 2.45) is 5.92 Å². The number of pyridine rings is 1. The molecule has 3 aromatic rings. The van der Waals surface area contributed by atoms with Gasteiger partial charge in [0.1, 0.15) is 6.04 Å². The average Bonchev–Trinajstić information content (AvgIpc) is 3.51. The summed E-state index contributed by atoms with van der Waals surface area (Å²) in [7, 11) is 0. The lowest BCUT2D eigenvalue weighted by atomic mass is 9.86. The number of aryl methyl sites for hydroxylation is 4. The molecular formula is C41H52F3N3O4. The van der Waals surface area contributed by atoms with Gasteiger partial charge in [0.25, 0.3) is 5.56 Å². The molecule has 0 radical (unpaired) electrons. The molecule has 1 aliphatic heterocycles. The number of rotatable bonds is 11. The zero-order valence-electron chi connectivity index (χ0n) is 30.9. The van der Waals surface area contributed by atoms with Crippen molar-refractivity contribution in [1.29, 1.82) is 0 Å². The Morgan fingerprint density at radius 2 is 1.61 bits per heavy atom. The number of piperidine rings is 1. The maximum atomic E-state index is 14.4. The second kappa shape index (κ2) is 15.4. The number of aromatic nitrogens is 1. The van der Waals surface area contributed by atoms with Gasteiger partial charge in [0.15, 0.2) is 0 Å². The number of fused-ring (bicyclic) bond motifs is 1. The van der Waals surface area contributed by atoms with Crippen LogP contribution in [0.2, 0.25) is 0 Å². The van der Waals surface area contributed by atoms with Gasteiger partial charge in [0, 0.05) is 18.3 Å². The summed E-state index contributed by atoms with van der Waals surface area (Å²) >= 11 is 0. The molecule has 276 valence electrons. The molecule has 2 N–H and O–H groups in total. The van der Waals surface area contributed by atoms with Crippen molar-refractivity contribution in [3.05, 3.63) is 91.4 Å². The monoisotopic (exact) mass is 707 g/mol. The van der Waals surface area contributed by atoms with Crippen LogP contribution in [0.4, 0.5) is 13.2 Å². The minimum Gasteiger partial charge on any atom is -0.481 e. The summed E-state index contributed by atoms with van der Waals surface area (Å²) in [6, 6.07) is 7.09. The number of hydrogen-bond donors (Lipinski definition) is 2. The number of halogens is 3. The normalized spacial score (nSPS) is 16.8. The summed E-state index contributed by atoms with van der Waals surface area (Å²) in [5.41, 5.74) is 6.68. The van der Waals surface area contributed by atoms with Gasteiger partial charge in [-0.25, -0.2) is 0 Å². The van der Waals surface area contributed by atoms with E-state index in [0.29, 0.717) is 37.6 Å². The molecule has 7 nitrogen and oxygen atoms in total. The standard InChI is InChI=1S/C41H52F3N3O4/c1-23(2)15-36(47-22-33(34(20-37(47)48)41(42,43)44)28-11-13-46(14-12-28)24(3)4)40(51)45-35(21-38(49)50)30-18-29-9-8-10-31(29)32(19-30)39-26(6)16-25(5)17-27(39)7/h16-20,22-24,28,35-36H,8-15,21H2,1-7H3,(H,45,51)(H,49,50)/t35-,36+/m0/s1. The van der Waals surface area contributed by atoms with Gasteiger partial charge in [0.05, 0.1) is 18.0 Å². The summed E-state index contributed by atoms with van der Waals surface area (Å²) < 4.78 is 44.3. The highest BCUT2D eigenvalue weighted by molar-refractivity contribution is 5.82. The maximum Gasteiger partial charge on any atom is 0.416 e. The highest BCUT2D eigenvalue weighted by atomic mass is 19.4. The molecule has 1 aromatic heterocycles. The van der Waals surface area contributed by atoms with Crippen molar-refractivity contribution in [2.45, 2.75) is 124 Å². The molecule has 0 saturated carbocycles. The van der Waals surface area contributed by atoms with Crippen molar-refractivity contribution in [2.75, 3.05) is 13.1 Å². The quantitative estimate of drug-likeness (QED) is 0.209. The van der Waals surface area contributed by atoms with E-state index in [0.717, 1.165) is 57.2 Å². The Morgan fingerprint density at radius 1 is 0.961 bits per heavy atom. The van der Waals surface area contributed by atoms with Gasteiger partial charge in [-0.3, -0.25) is 14.4 Å². The molecule has 2 aliphatic rings. The number of hydrogen-bond acceptors (Lipinski definition) is 4. The largest absolute Gasteiger partial charge is 0.481 e. The van der Waals surface area contributed by atoms with Crippen molar-refractivity contribution >= 4 is 11.9 Å². The van der Waals surface area contributed by atoms with Gasteiger partial charge in [-0.15, -0.1) is 0 Å². The van der Waals surface area contributed by atoms with Crippen LogP contribution in [-0.4, -0.2) is 45.6 Å². The number of likely N-dealkylation sites (tertiary alicyclic amines) is 1. The van der Waals surface area contributed by atoms with E-state index in [2.05, 4.69) is 57.0 Å². The van der Waals surface area contributed by atoms with E-state index in [9.17, 15) is 32.7 Å². The number of carbonyl (C=O) groups is 2. The number of carboxylic acids is 1. The lowest BCUT2D eigenvalue weighted by Crippen LogP contribution is -2.41. The van der Waals surface area contributed by atoms with E-state index in [1.807, 2.05) is 26.0 Å². The zero-order valence-corrected chi connectivity index (χ0v) is 30.9. The Balaban J connectivity index is 1.56. The van der Waals surface area contributed by atoms with Crippen LogP contribution in [0, 0.1) is 26.7 Å². The summed E-state index contributed by atoms with van der Waals surface area (Å²) in [6.45, 7) is 15.3. The smallest absolute Gasteiger partial charge is 0.416 e. The van der Waals surface area contributed by atoms with Crippen LogP contribution in [0.1, 0.15) is 122 Å². The Kier molecular flexibility index (Phi) is 11.5. The summed E-state index contributed by atoms with van der Waals surface area (Å²) in [4.78, 5) is 42.3. The lowest BCUT2D eigenvalue weighted by molar-refractivity contribution is -0.139. The number of carboxylic acid groups (broad SMARTS) is 1. The van der Waals surface area contributed by atoms with Crippen molar-refractivity contribution in [3.63, 3.8) is 0 Å². The van der Waals surface area contributed by atoms with Crippen LogP contribution in [0.25, 0.3) is 11.1 Å². The predicted octanol–water partition coefficient (Wildman–Crippen LogP) is 8.46. The molecule has 1 fully saturated rings. The second-order valence-electron chi connectivity index (χ2n) is 15.4. The molecule has 2 atom stereocenters. The van der Waals surface area contributed by atoms with E-state index >= 15 is 0 Å². The number of benzene rings is 2. The Morgan fingerprint density at radius 3 is 2.18 bits per heavy atom. The number of carbonyl (C=O) groups excluding carboxylic acids is 1. The molecular weight excluding hydrogens is 655 g/mol. The van der Waals surface area contributed by atoms with Crippen molar-refractivity contribution in [1.82, 2.24) is 14.8 Å². The Bertz CT molecular complexity index is 1810. The highest BCUT2D eigenvalue weighted by Gasteiger charge is 2.39. The van der Waals surface area contributed by atoms with Crippen LogP contribution >= 0.6 is 0 Å². The van der Waals surface area contributed by atoms with E-state index in [1.54, 1.807) is 0 Å². The Hall–Kier alpha value is -3.92. The average molecular weight is 708 g/mol. The minimum absolute atomic E-state index is 0.0289. The molecule has 1 amide bonds. The maximum absolute atomic E-state index is 14.4. The first-order valence-corrected chi connectivity index (χ1v) is 18.3.